The first-order chi connectivity index (χ1) is 10.6. The number of aromatic nitrogens is 1. The molecule has 0 radical (unpaired) electrons. The average Bonchev–Trinajstić information content (AvgIpc) is 3.31. The number of anilines is 1. The van der Waals surface area contributed by atoms with E-state index < -0.39 is 11.7 Å². The fourth-order valence-corrected chi connectivity index (χ4v) is 1.95. The molecule has 1 saturated carbocycles. The van der Waals surface area contributed by atoms with Crippen LogP contribution in [-0.4, -0.2) is 22.8 Å². The Morgan fingerprint density at radius 1 is 1.14 bits per heavy atom. The van der Waals surface area contributed by atoms with E-state index in [4.69, 9.17) is 0 Å². The van der Waals surface area contributed by atoms with Crippen molar-refractivity contribution < 1.29 is 14.0 Å². The number of carbonyl (C=O) groups excluding carboxylic acids is 2. The molecule has 0 bridgehead atoms. The van der Waals surface area contributed by atoms with E-state index in [1.165, 1.54) is 30.5 Å². The van der Waals surface area contributed by atoms with Gasteiger partial charge in [-0.15, -0.1) is 0 Å². The number of pyridine rings is 1. The van der Waals surface area contributed by atoms with E-state index in [-0.39, 0.29) is 17.6 Å². The summed E-state index contributed by atoms with van der Waals surface area (Å²) in [6.07, 6.45) is 3.38. The summed E-state index contributed by atoms with van der Waals surface area (Å²) in [6, 6.07) is 8.79. The van der Waals surface area contributed by atoms with Gasteiger partial charge in [0.05, 0.1) is 0 Å². The van der Waals surface area contributed by atoms with E-state index in [0.29, 0.717) is 11.3 Å². The van der Waals surface area contributed by atoms with Crippen molar-refractivity contribution in [2.45, 2.75) is 18.9 Å². The van der Waals surface area contributed by atoms with Crippen LogP contribution in [0.2, 0.25) is 0 Å². The zero-order valence-corrected chi connectivity index (χ0v) is 11.7. The second kappa shape index (κ2) is 5.93. The largest absolute Gasteiger partial charge is 0.349 e. The van der Waals surface area contributed by atoms with Gasteiger partial charge in [0.1, 0.15) is 11.5 Å². The zero-order chi connectivity index (χ0) is 15.5. The summed E-state index contributed by atoms with van der Waals surface area (Å²) in [5, 5.41) is 5.39. The van der Waals surface area contributed by atoms with Gasteiger partial charge in [-0.3, -0.25) is 14.6 Å². The molecule has 2 amide bonds. The summed E-state index contributed by atoms with van der Waals surface area (Å²) >= 11 is 0. The van der Waals surface area contributed by atoms with Crippen LogP contribution in [0.1, 0.15) is 33.7 Å². The van der Waals surface area contributed by atoms with Crippen molar-refractivity contribution in [2.24, 2.45) is 0 Å². The summed E-state index contributed by atoms with van der Waals surface area (Å²) < 4.78 is 13.1. The number of hydrogen-bond donors (Lipinski definition) is 2. The molecule has 1 aliphatic rings. The van der Waals surface area contributed by atoms with Crippen LogP contribution >= 0.6 is 0 Å². The molecule has 5 nitrogen and oxygen atoms in total. The SMILES string of the molecule is O=C(NC1CC1)c1ccnc(C(=O)Nc2cccc(F)c2)c1. The van der Waals surface area contributed by atoms with E-state index in [1.54, 1.807) is 12.1 Å². The van der Waals surface area contributed by atoms with Crippen molar-refractivity contribution in [2.75, 3.05) is 5.32 Å². The van der Waals surface area contributed by atoms with E-state index in [0.717, 1.165) is 12.8 Å². The molecule has 1 aromatic heterocycles. The number of carbonyl (C=O) groups is 2. The molecule has 0 unspecified atom stereocenters. The van der Waals surface area contributed by atoms with Crippen molar-refractivity contribution in [1.29, 1.82) is 0 Å². The smallest absolute Gasteiger partial charge is 0.274 e. The maximum atomic E-state index is 13.1. The van der Waals surface area contributed by atoms with Crippen LogP contribution in [0, 0.1) is 5.82 Å². The Morgan fingerprint density at radius 2 is 1.95 bits per heavy atom. The maximum absolute atomic E-state index is 13.1. The molecular weight excluding hydrogens is 285 g/mol. The molecule has 0 aliphatic heterocycles. The van der Waals surface area contributed by atoms with Crippen molar-refractivity contribution in [1.82, 2.24) is 10.3 Å². The van der Waals surface area contributed by atoms with Crippen molar-refractivity contribution in [3.05, 3.63) is 59.7 Å². The quantitative estimate of drug-likeness (QED) is 0.910. The molecule has 22 heavy (non-hydrogen) atoms. The number of rotatable bonds is 4. The van der Waals surface area contributed by atoms with Gasteiger partial charge in [0, 0.05) is 23.5 Å². The summed E-state index contributed by atoms with van der Waals surface area (Å²) in [5.41, 5.74) is 0.818. The first kappa shape index (κ1) is 14.2. The van der Waals surface area contributed by atoms with Gasteiger partial charge >= 0.3 is 0 Å². The molecule has 1 aromatic carbocycles. The number of nitrogens with one attached hydrogen (secondary N) is 2. The third-order valence-electron chi connectivity index (χ3n) is 3.25. The molecule has 0 spiro atoms. The van der Waals surface area contributed by atoms with Gasteiger partial charge in [-0.2, -0.15) is 0 Å². The molecule has 0 atom stereocenters. The molecule has 112 valence electrons. The summed E-state index contributed by atoms with van der Waals surface area (Å²) in [7, 11) is 0. The fraction of sp³-hybridized carbons (Fsp3) is 0.188. The molecule has 6 heteroatoms. The first-order valence-corrected chi connectivity index (χ1v) is 6.95. The van der Waals surface area contributed by atoms with Crippen LogP contribution in [0.4, 0.5) is 10.1 Å². The normalized spacial score (nSPS) is 13.5. The average molecular weight is 299 g/mol. The number of hydrogen-bond acceptors (Lipinski definition) is 3. The second-order valence-electron chi connectivity index (χ2n) is 5.14. The van der Waals surface area contributed by atoms with Gasteiger partial charge in [-0.05, 0) is 43.2 Å². The van der Waals surface area contributed by atoms with Crippen LogP contribution in [0.25, 0.3) is 0 Å². The van der Waals surface area contributed by atoms with Gasteiger partial charge in [0.2, 0.25) is 0 Å². The topological polar surface area (TPSA) is 71.1 Å². The molecule has 2 aromatic rings. The van der Waals surface area contributed by atoms with Gasteiger partial charge < -0.3 is 10.6 Å². The Balaban J connectivity index is 1.73. The molecule has 2 N–H and O–H groups in total. The lowest BCUT2D eigenvalue weighted by molar-refractivity contribution is 0.0951. The number of halogens is 1. The number of nitrogens with zero attached hydrogens (tertiary/aromatic N) is 1. The summed E-state index contributed by atoms with van der Waals surface area (Å²) in [4.78, 5) is 28.0. The van der Waals surface area contributed by atoms with Crippen molar-refractivity contribution >= 4 is 17.5 Å². The zero-order valence-electron chi connectivity index (χ0n) is 11.7. The molecule has 1 fully saturated rings. The van der Waals surface area contributed by atoms with Crippen LogP contribution in [-0.2, 0) is 0 Å². The predicted octanol–water partition coefficient (Wildman–Crippen LogP) is 2.37. The van der Waals surface area contributed by atoms with Crippen LogP contribution < -0.4 is 10.6 Å². The highest BCUT2D eigenvalue weighted by Gasteiger charge is 2.24. The van der Waals surface area contributed by atoms with Crippen LogP contribution in [0.5, 0.6) is 0 Å². The highest BCUT2D eigenvalue weighted by atomic mass is 19.1. The van der Waals surface area contributed by atoms with E-state index >= 15 is 0 Å². The molecule has 1 heterocycles. The molecular formula is C16H14FN3O2. The van der Waals surface area contributed by atoms with E-state index in [9.17, 15) is 14.0 Å². The second-order valence-corrected chi connectivity index (χ2v) is 5.14. The molecule has 3 rings (SSSR count). The Bertz CT molecular complexity index is 729. The highest BCUT2D eigenvalue weighted by Crippen LogP contribution is 2.19. The Hall–Kier alpha value is -2.76. The van der Waals surface area contributed by atoms with Crippen LogP contribution in [0.15, 0.2) is 42.6 Å². The lowest BCUT2D eigenvalue weighted by atomic mass is 10.2. The van der Waals surface area contributed by atoms with Crippen LogP contribution in [0.3, 0.4) is 0 Å². The molecule has 0 saturated heterocycles. The van der Waals surface area contributed by atoms with E-state index in [2.05, 4.69) is 15.6 Å². The monoisotopic (exact) mass is 299 g/mol. The first-order valence-electron chi connectivity index (χ1n) is 6.95. The van der Waals surface area contributed by atoms with Gasteiger partial charge in [0.15, 0.2) is 0 Å². The Morgan fingerprint density at radius 3 is 2.68 bits per heavy atom. The highest BCUT2D eigenvalue weighted by molar-refractivity contribution is 6.04. The minimum Gasteiger partial charge on any atom is -0.349 e. The van der Waals surface area contributed by atoms with Gasteiger partial charge in [-0.1, -0.05) is 6.07 Å². The van der Waals surface area contributed by atoms with Gasteiger partial charge in [-0.25, -0.2) is 4.39 Å². The predicted molar refractivity (Wildman–Crippen MR) is 79.1 cm³/mol. The lowest BCUT2D eigenvalue weighted by Gasteiger charge is -2.07. The van der Waals surface area contributed by atoms with Crippen molar-refractivity contribution in [3.63, 3.8) is 0 Å². The number of benzene rings is 1. The lowest BCUT2D eigenvalue weighted by Crippen LogP contribution is -2.26. The summed E-state index contributed by atoms with van der Waals surface area (Å²) in [5.74, 6) is -1.15. The summed E-state index contributed by atoms with van der Waals surface area (Å²) in [6.45, 7) is 0. The fourth-order valence-electron chi connectivity index (χ4n) is 1.95. The number of amides is 2. The Labute approximate surface area is 126 Å². The third-order valence-corrected chi connectivity index (χ3v) is 3.25. The minimum atomic E-state index is -0.494. The van der Waals surface area contributed by atoms with Gasteiger partial charge in [0.25, 0.3) is 11.8 Å². The third kappa shape index (κ3) is 3.46. The Kier molecular flexibility index (Phi) is 3.82. The maximum Gasteiger partial charge on any atom is 0.274 e. The van der Waals surface area contributed by atoms with E-state index in [1.807, 2.05) is 0 Å². The van der Waals surface area contributed by atoms with Crippen molar-refractivity contribution in [3.8, 4) is 0 Å². The standard InChI is InChI=1S/C16H14FN3O2/c17-11-2-1-3-13(9-11)20-16(22)14-8-10(6-7-18-14)15(21)19-12-4-5-12/h1-3,6-9,12H,4-5H2,(H,19,21)(H,20,22). The minimum absolute atomic E-state index is 0.104. The molecule has 1 aliphatic carbocycles.